The maximum atomic E-state index is 11.8. The summed E-state index contributed by atoms with van der Waals surface area (Å²) >= 11 is 1.59. The Morgan fingerprint density at radius 3 is 3.00 bits per heavy atom. The second-order valence-electron chi connectivity index (χ2n) is 5.04. The van der Waals surface area contributed by atoms with Gasteiger partial charge in [0.1, 0.15) is 0 Å². The fourth-order valence-electron chi connectivity index (χ4n) is 2.14. The summed E-state index contributed by atoms with van der Waals surface area (Å²) in [6.07, 6.45) is 2.62. The van der Waals surface area contributed by atoms with Crippen LogP contribution >= 0.6 is 11.3 Å². The zero-order chi connectivity index (χ0) is 13.2. The van der Waals surface area contributed by atoms with Crippen molar-refractivity contribution in [2.75, 3.05) is 23.7 Å². The van der Waals surface area contributed by atoms with Gasteiger partial charge in [0, 0.05) is 30.7 Å². The number of nitrogens with one attached hydrogen (secondary N) is 1. The lowest BCUT2D eigenvalue weighted by molar-refractivity contribution is 0.550. The normalized spacial score (nSPS) is 20.8. The minimum Gasteiger partial charge on any atom is -0.346 e. The van der Waals surface area contributed by atoms with Crippen LogP contribution < -0.4 is 9.62 Å². The topological polar surface area (TPSA) is 62.3 Å². The number of hydrogen-bond acceptors (Lipinski definition) is 5. The molecule has 1 N–H and O–H groups in total. The number of anilines is 1. The first-order valence-corrected chi connectivity index (χ1v) is 8.64. The molecule has 18 heavy (non-hydrogen) atoms. The molecule has 1 fully saturated rings. The molecule has 0 aliphatic carbocycles. The lowest BCUT2D eigenvalue weighted by Gasteiger charge is -2.16. The molecule has 0 aromatic carbocycles. The number of aromatic nitrogens is 1. The summed E-state index contributed by atoms with van der Waals surface area (Å²) in [5, 5.41) is 2.91. The number of rotatable bonds is 5. The molecule has 1 unspecified atom stereocenters. The van der Waals surface area contributed by atoms with E-state index in [9.17, 15) is 8.42 Å². The van der Waals surface area contributed by atoms with Crippen LogP contribution in [0.5, 0.6) is 0 Å². The SMILES string of the molecule is CC(C)CS(=O)(=O)NC1CCN(c2nccs2)C1. The fraction of sp³-hybridized carbons (Fsp3) is 0.727. The first kappa shape index (κ1) is 13.8. The molecule has 1 aliphatic heterocycles. The van der Waals surface area contributed by atoms with Crippen molar-refractivity contribution in [1.82, 2.24) is 9.71 Å². The van der Waals surface area contributed by atoms with Gasteiger partial charge >= 0.3 is 0 Å². The van der Waals surface area contributed by atoms with Crippen LogP contribution in [0.4, 0.5) is 5.13 Å². The number of thiazole rings is 1. The molecule has 1 aromatic heterocycles. The quantitative estimate of drug-likeness (QED) is 0.887. The molecule has 2 rings (SSSR count). The van der Waals surface area contributed by atoms with Crippen molar-refractivity contribution < 1.29 is 8.42 Å². The first-order valence-electron chi connectivity index (χ1n) is 6.11. The summed E-state index contributed by atoms with van der Waals surface area (Å²) in [5.41, 5.74) is 0. The summed E-state index contributed by atoms with van der Waals surface area (Å²) in [7, 11) is -3.15. The van der Waals surface area contributed by atoms with E-state index in [0.29, 0.717) is 6.54 Å². The van der Waals surface area contributed by atoms with E-state index in [1.807, 2.05) is 19.2 Å². The van der Waals surface area contributed by atoms with Gasteiger partial charge in [-0.3, -0.25) is 0 Å². The van der Waals surface area contributed by atoms with Gasteiger partial charge in [0.15, 0.2) is 5.13 Å². The molecule has 2 heterocycles. The summed E-state index contributed by atoms with van der Waals surface area (Å²) < 4.78 is 26.5. The van der Waals surface area contributed by atoms with Crippen LogP contribution in [0.3, 0.4) is 0 Å². The highest BCUT2D eigenvalue weighted by molar-refractivity contribution is 7.89. The van der Waals surface area contributed by atoms with Gasteiger partial charge in [0.2, 0.25) is 10.0 Å². The van der Waals surface area contributed by atoms with Gasteiger partial charge in [0.05, 0.1) is 5.75 Å². The van der Waals surface area contributed by atoms with Crippen molar-refractivity contribution >= 4 is 26.5 Å². The minimum atomic E-state index is -3.15. The van der Waals surface area contributed by atoms with Crippen molar-refractivity contribution in [3.05, 3.63) is 11.6 Å². The van der Waals surface area contributed by atoms with Crippen LogP contribution in [0, 0.1) is 5.92 Å². The Morgan fingerprint density at radius 1 is 1.61 bits per heavy atom. The summed E-state index contributed by atoms with van der Waals surface area (Å²) in [5.74, 6) is 0.347. The molecule has 0 amide bonds. The molecule has 102 valence electrons. The smallest absolute Gasteiger partial charge is 0.212 e. The largest absolute Gasteiger partial charge is 0.346 e. The molecule has 1 atom stereocenters. The Kier molecular flexibility index (Phi) is 4.24. The van der Waals surface area contributed by atoms with E-state index in [1.165, 1.54) is 0 Å². The van der Waals surface area contributed by atoms with Crippen LogP contribution in [0.1, 0.15) is 20.3 Å². The molecule has 0 radical (unpaired) electrons. The van der Waals surface area contributed by atoms with Gasteiger partial charge in [-0.25, -0.2) is 18.1 Å². The Balaban J connectivity index is 1.90. The van der Waals surface area contributed by atoms with E-state index >= 15 is 0 Å². The Labute approximate surface area is 112 Å². The second-order valence-corrected chi connectivity index (χ2v) is 7.71. The average molecular weight is 289 g/mol. The molecule has 1 aromatic rings. The number of nitrogens with zero attached hydrogens (tertiary/aromatic N) is 2. The summed E-state index contributed by atoms with van der Waals surface area (Å²) in [6.45, 7) is 5.40. The van der Waals surface area contributed by atoms with E-state index in [0.717, 1.165) is 18.1 Å². The molecule has 1 aliphatic rings. The summed E-state index contributed by atoms with van der Waals surface area (Å²) in [4.78, 5) is 6.38. The third-order valence-corrected chi connectivity index (χ3v) is 5.41. The molecule has 0 spiro atoms. The fourth-order valence-corrected chi connectivity index (χ4v) is 4.50. The van der Waals surface area contributed by atoms with E-state index in [-0.39, 0.29) is 17.7 Å². The van der Waals surface area contributed by atoms with Crippen molar-refractivity contribution in [2.45, 2.75) is 26.3 Å². The maximum Gasteiger partial charge on any atom is 0.212 e. The maximum absolute atomic E-state index is 11.8. The predicted molar refractivity (Wildman–Crippen MR) is 74.5 cm³/mol. The molecular formula is C11H19N3O2S2. The average Bonchev–Trinajstić information content (AvgIpc) is 2.82. The zero-order valence-electron chi connectivity index (χ0n) is 10.7. The predicted octanol–water partition coefficient (Wildman–Crippen LogP) is 1.30. The number of hydrogen-bond donors (Lipinski definition) is 1. The van der Waals surface area contributed by atoms with Gasteiger partial charge in [0.25, 0.3) is 0 Å². The lowest BCUT2D eigenvalue weighted by atomic mass is 10.3. The van der Waals surface area contributed by atoms with Crippen LogP contribution in [0.2, 0.25) is 0 Å². The van der Waals surface area contributed by atoms with Crippen LogP contribution in [-0.4, -0.2) is 38.3 Å². The van der Waals surface area contributed by atoms with Crippen molar-refractivity contribution in [3.63, 3.8) is 0 Å². The molecule has 7 heteroatoms. The minimum absolute atomic E-state index is 0.0117. The van der Waals surface area contributed by atoms with E-state index in [1.54, 1.807) is 17.5 Å². The Bertz CT molecular complexity index is 470. The van der Waals surface area contributed by atoms with Crippen molar-refractivity contribution in [3.8, 4) is 0 Å². The van der Waals surface area contributed by atoms with Crippen LogP contribution in [0.15, 0.2) is 11.6 Å². The molecular weight excluding hydrogens is 270 g/mol. The van der Waals surface area contributed by atoms with Gasteiger partial charge in [-0.2, -0.15) is 0 Å². The van der Waals surface area contributed by atoms with Crippen molar-refractivity contribution in [2.24, 2.45) is 5.92 Å². The van der Waals surface area contributed by atoms with Crippen molar-refractivity contribution in [1.29, 1.82) is 0 Å². The van der Waals surface area contributed by atoms with E-state index in [2.05, 4.69) is 14.6 Å². The standard InChI is InChI=1S/C11H19N3O2S2/c1-9(2)8-18(15,16)13-10-3-5-14(7-10)11-12-4-6-17-11/h4,6,9-10,13H,3,5,7-8H2,1-2H3. The molecule has 0 bridgehead atoms. The van der Waals surface area contributed by atoms with Gasteiger partial charge in [-0.05, 0) is 12.3 Å². The third kappa shape index (κ3) is 3.66. The highest BCUT2D eigenvalue weighted by Gasteiger charge is 2.27. The second kappa shape index (κ2) is 5.54. The Morgan fingerprint density at radius 2 is 2.39 bits per heavy atom. The monoisotopic (exact) mass is 289 g/mol. The third-order valence-electron chi connectivity index (χ3n) is 2.78. The highest BCUT2D eigenvalue weighted by atomic mass is 32.2. The van der Waals surface area contributed by atoms with Crippen LogP contribution in [0.25, 0.3) is 0 Å². The van der Waals surface area contributed by atoms with Gasteiger partial charge < -0.3 is 4.90 Å². The van der Waals surface area contributed by atoms with E-state index in [4.69, 9.17) is 0 Å². The van der Waals surface area contributed by atoms with E-state index < -0.39 is 10.0 Å². The van der Waals surface area contributed by atoms with Gasteiger partial charge in [-0.15, -0.1) is 11.3 Å². The molecule has 1 saturated heterocycles. The summed E-state index contributed by atoms with van der Waals surface area (Å²) in [6, 6.07) is 0.0117. The lowest BCUT2D eigenvalue weighted by Crippen LogP contribution is -2.39. The van der Waals surface area contributed by atoms with Crippen LogP contribution in [-0.2, 0) is 10.0 Å². The number of sulfonamides is 1. The molecule has 5 nitrogen and oxygen atoms in total. The van der Waals surface area contributed by atoms with Gasteiger partial charge in [-0.1, -0.05) is 13.8 Å². The highest BCUT2D eigenvalue weighted by Crippen LogP contribution is 2.22. The first-order chi connectivity index (χ1) is 8.46. The zero-order valence-corrected chi connectivity index (χ0v) is 12.3. The Hall–Kier alpha value is -0.660. The molecule has 0 saturated carbocycles.